The highest BCUT2D eigenvalue weighted by Gasteiger charge is 2.04. The Bertz CT molecular complexity index is 480. The van der Waals surface area contributed by atoms with Crippen molar-refractivity contribution in [2.75, 3.05) is 7.11 Å². The molecule has 0 saturated carbocycles. The van der Waals surface area contributed by atoms with Gasteiger partial charge < -0.3 is 9.47 Å². The Morgan fingerprint density at radius 2 is 1.78 bits per heavy atom. The first-order chi connectivity index (χ1) is 8.81. The van der Waals surface area contributed by atoms with Crippen molar-refractivity contribution < 1.29 is 9.47 Å². The van der Waals surface area contributed by atoms with E-state index in [9.17, 15) is 0 Å². The molecule has 3 nitrogen and oxygen atoms in total. The summed E-state index contributed by atoms with van der Waals surface area (Å²) in [5, 5.41) is 0. The lowest BCUT2D eigenvalue weighted by Gasteiger charge is -2.08. The molecular weight excluding hydrogens is 250 g/mol. The maximum atomic E-state index is 5.81. The second kappa shape index (κ2) is 6.26. The van der Waals surface area contributed by atoms with Gasteiger partial charge in [-0.25, -0.2) is 0 Å². The van der Waals surface area contributed by atoms with Crippen molar-refractivity contribution in [2.24, 2.45) is 0 Å². The average Bonchev–Trinajstić information content (AvgIpc) is 2.45. The van der Waals surface area contributed by atoms with Crippen molar-refractivity contribution in [1.29, 1.82) is 0 Å². The van der Waals surface area contributed by atoms with Crippen LogP contribution in [0.3, 0.4) is 0 Å². The number of alkyl halides is 1. The number of methoxy groups -OCH3 is 1. The number of nitrogens with zero attached hydrogens (tertiary/aromatic N) is 1. The summed E-state index contributed by atoms with van der Waals surface area (Å²) in [6.45, 7) is 0.475. The SMILES string of the molecule is COc1cc(CCl)cc(OCc2ccccc2)n1. The van der Waals surface area contributed by atoms with Crippen LogP contribution >= 0.6 is 11.6 Å². The molecule has 0 aliphatic carbocycles. The topological polar surface area (TPSA) is 31.4 Å². The fraction of sp³-hybridized carbons (Fsp3) is 0.214. The van der Waals surface area contributed by atoms with Gasteiger partial charge in [-0.2, -0.15) is 4.98 Å². The fourth-order valence-corrected chi connectivity index (χ4v) is 1.67. The fourth-order valence-electron chi connectivity index (χ4n) is 1.52. The Kier molecular flexibility index (Phi) is 4.42. The van der Waals surface area contributed by atoms with Crippen molar-refractivity contribution in [3.05, 3.63) is 53.6 Å². The van der Waals surface area contributed by atoms with Crippen molar-refractivity contribution in [3.8, 4) is 11.8 Å². The van der Waals surface area contributed by atoms with Crippen LogP contribution in [0.5, 0.6) is 11.8 Å². The second-order valence-electron chi connectivity index (χ2n) is 3.76. The largest absolute Gasteiger partial charge is 0.481 e. The van der Waals surface area contributed by atoms with Gasteiger partial charge in [-0.05, 0) is 11.1 Å². The Balaban J connectivity index is 2.09. The summed E-state index contributed by atoms with van der Waals surface area (Å²) >= 11 is 5.81. The minimum atomic E-state index is 0.403. The normalized spacial score (nSPS) is 10.1. The van der Waals surface area contributed by atoms with Gasteiger partial charge in [-0.3, -0.25) is 0 Å². The first-order valence-electron chi connectivity index (χ1n) is 5.59. The van der Waals surface area contributed by atoms with E-state index >= 15 is 0 Å². The van der Waals surface area contributed by atoms with Gasteiger partial charge in [0.1, 0.15) is 6.61 Å². The van der Waals surface area contributed by atoms with E-state index in [1.54, 1.807) is 13.2 Å². The highest BCUT2D eigenvalue weighted by Crippen LogP contribution is 2.20. The van der Waals surface area contributed by atoms with Crippen LogP contribution < -0.4 is 9.47 Å². The number of benzene rings is 1. The Morgan fingerprint density at radius 1 is 1.06 bits per heavy atom. The van der Waals surface area contributed by atoms with E-state index in [0.717, 1.165) is 11.1 Å². The van der Waals surface area contributed by atoms with Crippen LogP contribution in [0.1, 0.15) is 11.1 Å². The Morgan fingerprint density at radius 3 is 2.44 bits per heavy atom. The van der Waals surface area contributed by atoms with Crippen molar-refractivity contribution in [1.82, 2.24) is 4.98 Å². The molecule has 2 rings (SSSR count). The number of pyridine rings is 1. The second-order valence-corrected chi connectivity index (χ2v) is 4.03. The van der Waals surface area contributed by atoms with Crippen LogP contribution in [0.4, 0.5) is 0 Å². The van der Waals surface area contributed by atoms with Gasteiger partial charge in [0.15, 0.2) is 0 Å². The molecule has 0 radical (unpaired) electrons. The molecule has 0 amide bonds. The van der Waals surface area contributed by atoms with E-state index < -0.39 is 0 Å². The molecule has 0 N–H and O–H groups in total. The maximum absolute atomic E-state index is 5.81. The molecule has 18 heavy (non-hydrogen) atoms. The molecule has 1 heterocycles. The molecule has 0 aliphatic heterocycles. The van der Waals surface area contributed by atoms with Crippen LogP contribution in [0.25, 0.3) is 0 Å². The molecule has 1 aromatic heterocycles. The third kappa shape index (κ3) is 3.37. The lowest BCUT2D eigenvalue weighted by Crippen LogP contribution is -1.99. The van der Waals surface area contributed by atoms with Gasteiger partial charge in [0.2, 0.25) is 11.8 Å². The number of hydrogen-bond donors (Lipinski definition) is 0. The quantitative estimate of drug-likeness (QED) is 0.775. The predicted octanol–water partition coefficient (Wildman–Crippen LogP) is 3.41. The molecule has 94 valence electrons. The van der Waals surface area contributed by atoms with Crippen LogP contribution in [-0.4, -0.2) is 12.1 Å². The van der Waals surface area contributed by atoms with E-state index in [1.165, 1.54) is 0 Å². The number of ether oxygens (including phenoxy) is 2. The van der Waals surface area contributed by atoms with E-state index in [2.05, 4.69) is 4.98 Å². The zero-order chi connectivity index (χ0) is 12.8. The van der Waals surface area contributed by atoms with Gasteiger partial charge in [0.25, 0.3) is 0 Å². The number of hydrogen-bond acceptors (Lipinski definition) is 3. The smallest absolute Gasteiger partial charge is 0.217 e. The monoisotopic (exact) mass is 263 g/mol. The molecule has 0 fully saturated rings. The first-order valence-corrected chi connectivity index (χ1v) is 6.13. The summed E-state index contributed by atoms with van der Waals surface area (Å²) in [5.74, 6) is 1.44. The van der Waals surface area contributed by atoms with Crippen molar-refractivity contribution >= 4 is 11.6 Å². The lowest BCUT2D eigenvalue weighted by atomic mass is 10.2. The molecule has 2 aromatic rings. The standard InChI is InChI=1S/C14H14ClNO2/c1-17-13-7-12(9-15)8-14(16-13)18-10-11-5-3-2-4-6-11/h2-8H,9-10H2,1H3. The minimum Gasteiger partial charge on any atom is -0.481 e. The summed E-state index contributed by atoms with van der Waals surface area (Å²) in [6, 6.07) is 13.5. The molecule has 0 atom stereocenters. The van der Waals surface area contributed by atoms with Crippen molar-refractivity contribution in [2.45, 2.75) is 12.5 Å². The van der Waals surface area contributed by atoms with E-state index in [4.69, 9.17) is 21.1 Å². The molecule has 0 unspecified atom stereocenters. The average molecular weight is 264 g/mol. The molecule has 4 heteroatoms. The summed E-state index contributed by atoms with van der Waals surface area (Å²) in [5.41, 5.74) is 2.01. The van der Waals surface area contributed by atoms with Gasteiger partial charge in [0.05, 0.1) is 7.11 Å². The highest BCUT2D eigenvalue weighted by atomic mass is 35.5. The van der Waals surface area contributed by atoms with Gasteiger partial charge in [0, 0.05) is 18.0 Å². The third-order valence-corrected chi connectivity index (χ3v) is 2.74. The molecule has 0 aliphatic rings. The third-order valence-electron chi connectivity index (χ3n) is 2.43. The van der Waals surface area contributed by atoms with E-state index in [0.29, 0.717) is 24.2 Å². The van der Waals surface area contributed by atoms with E-state index in [1.807, 2.05) is 36.4 Å². The summed E-state index contributed by atoms with van der Waals surface area (Å²) in [6.07, 6.45) is 0. The van der Waals surface area contributed by atoms with Crippen molar-refractivity contribution in [3.63, 3.8) is 0 Å². The summed E-state index contributed by atoms with van der Waals surface area (Å²) < 4.78 is 10.7. The zero-order valence-electron chi connectivity index (χ0n) is 10.1. The van der Waals surface area contributed by atoms with Crippen LogP contribution in [0, 0.1) is 0 Å². The Hall–Kier alpha value is -1.74. The number of rotatable bonds is 5. The molecule has 1 aromatic carbocycles. The molecular formula is C14H14ClNO2. The molecule has 0 spiro atoms. The number of halogens is 1. The minimum absolute atomic E-state index is 0.403. The summed E-state index contributed by atoms with van der Waals surface area (Å²) in [7, 11) is 1.57. The zero-order valence-corrected chi connectivity index (χ0v) is 10.9. The van der Waals surface area contributed by atoms with Gasteiger partial charge >= 0.3 is 0 Å². The maximum Gasteiger partial charge on any atom is 0.217 e. The molecule has 0 saturated heterocycles. The Labute approximate surface area is 111 Å². The van der Waals surface area contributed by atoms with Gasteiger partial charge in [-0.1, -0.05) is 30.3 Å². The highest BCUT2D eigenvalue weighted by molar-refractivity contribution is 6.17. The summed E-state index contributed by atoms with van der Waals surface area (Å²) in [4.78, 5) is 4.21. The number of aromatic nitrogens is 1. The van der Waals surface area contributed by atoms with Crippen LogP contribution in [-0.2, 0) is 12.5 Å². The molecule has 0 bridgehead atoms. The van der Waals surface area contributed by atoms with Crippen LogP contribution in [0.2, 0.25) is 0 Å². The van der Waals surface area contributed by atoms with E-state index in [-0.39, 0.29) is 0 Å². The van der Waals surface area contributed by atoms with Crippen LogP contribution in [0.15, 0.2) is 42.5 Å². The first kappa shape index (κ1) is 12.7. The predicted molar refractivity (Wildman–Crippen MR) is 71.1 cm³/mol. The lowest BCUT2D eigenvalue weighted by molar-refractivity contribution is 0.286. The van der Waals surface area contributed by atoms with Gasteiger partial charge in [-0.15, -0.1) is 11.6 Å².